The van der Waals surface area contributed by atoms with E-state index in [0.717, 1.165) is 29.0 Å². The average Bonchev–Trinajstić information content (AvgIpc) is 2.38. The Balaban J connectivity index is 1.95. The van der Waals surface area contributed by atoms with Gasteiger partial charge in [0.25, 0.3) is 0 Å². The first-order chi connectivity index (χ1) is 8.75. The molecule has 0 spiro atoms. The number of rotatable bonds is 1. The Morgan fingerprint density at radius 3 is 2.83 bits per heavy atom. The van der Waals surface area contributed by atoms with Crippen molar-refractivity contribution in [2.24, 2.45) is 0 Å². The van der Waals surface area contributed by atoms with Crippen LogP contribution in [-0.4, -0.2) is 25.7 Å². The van der Waals surface area contributed by atoms with E-state index in [-0.39, 0.29) is 0 Å². The van der Waals surface area contributed by atoms with Gasteiger partial charge < -0.3 is 10.2 Å². The second kappa shape index (κ2) is 5.40. The standard InChI is InChI=1S/C14H18BrClN2/c15-13-9-11(16)8-10-2-1-7-18(14(10)13)12-3-5-17-6-4-12/h8-9,12,17H,1-7H2. The molecule has 2 aliphatic rings. The number of hydrogen-bond donors (Lipinski definition) is 1. The fraction of sp³-hybridized carbons (Fsp3) is 0.571. The van der Waals surface area contributed by atoms with Gasteiger partial charge >= 0.3 is 0 Å². The van der Waals surface area contributed by atoms with Crippen LogP contribution in [0.25, 0.3) is 0 Å². The number of nitrogens with one attached hydrogen (secondary N) is 1. The zero-order valence-electron chi connectivity index (χ0n) is 10.4. The SMILES string of the molecule is Clc1cc(Br)c2c(c1)CCCN2C1CCNCC1. The maximum absolute atomic E-state index is 6.16. The normalized spacial score (nSPS) is 20.9. The summed E-state index contributed by atoms with van der Waals surface area (Å²) < 4.78 is 1.16. The van der Waals surface area contributed by atoms with Crippen molar-refractivity contribution in [3.63, 3.8) is 0 Å². The van der Waals surface area contributed by atoms with Gasteiger partial charge in [-0.2, -0.15) is 0 Å². The van der Waals surface area contributed by atoms with E-state index in [1.54, 1.807) is 0 Å². The molecule has 18 heavy (non-hydrogen) atoms. The maximum Gasteiger partial charge on any atom is 0.0546 e. The first kappa shape index (κ1) is 12.8. The Hall–Kier alpha value is -0.250. The van der Waals surface area contributed by atoms with Gasteiger partial charge in [0, 0.05) is 22.1 Å². The van der Waals surface area contributed by atoms with Crippen LogP contribution in [0.1, 0.15) is 24.8 Å². The van der Waals surface area contributed by atoms with Gasteiger partial charge in [0.15, 0.2) is 0 Å². The molecule has 1 aromatic rings. The van der Waals surface area contributed by atoms with Gasteiger partial charge in [0.1, 0.15) is 0 Å². The van der Waals surface area contributed by atoms with E-state index in [1.807, 2.05) is 6.07 Å². The highest BCUT2D eigenvalue weighted by atomic mass is 79.9. The number of halogens is 2. The molecule has 2 aliphatic heterocycles. The summed E-state index contributed by atoms with van der Waals surface area (Å²) in [7, 11) is 0. The van der Waals surface area contributed by atoms with E-state index in [2.05, 4.69) is 32.2 Å². The van der Waals surface area contributed by atoms with Crippen molar-refractivity contribution in [1.82, 2.24) is 5.32 Å². The first-order valence-corrected chi connectivity index (χ1v) is 7.88. The topological polar surface area (TPSA) is 15.3 Å². The summed E-state index contributed by atoms with van der Waals surface area (Å²) in [5.41, 5.74) is 2.79. The molecule has 1 saturated heterocycles. The first-order valence-electron chi connectivity index (χ1n) is 6.71. The molecule has 0 atom stereocenters. The number of benzene rings is 1. The number of nitrogens with zero attached hydrogens (tertiary/aromatic N) is 1. The van der Waals surface area contributed by atoms with E-state index < -0.39 is 0 Å². The molecular weight excluding hydrogens is 312 g/mol. The van der Waals surface area contributed by atoms with Gasteiger partial charge in [-0.15, -0.1) is 0 Å². The van der Waals surface area contributed by atoms with Crippen molar-refractivity contribution >= 4 is 33.2 Å². The van der Waals surface area contributed by atoms with E-state index in [9.17, 15) is 0 Å². The molecular formula is C14H18BrClN2. The number of fused-ring (bicyclic) bond motifs is 1. The molecule has 1 N–H and O–H groups in total. The van der Waals surface area contributed by atoms with E-state index in [1.165, 1.54) is 37.1 Å². The van der Waals surface area contributed by atoms with Crippen LogP contribution in [0, 0.1) is 0 Å². The minimum atomic E-state index is 0.683. The molecule has 1 fully saturated rings. The number of aryl methyl sites for hydroxylation is 1. The molecule has 0 aliphatic carbocycles. The van der Waals surface area contributed by atoms with Crippen molar-refractivity contribution in [2.45, 2.75) is 31.7 Å². The summed E-state index contributed by atoms with van der Waals surface area (Å²) in [6, 6.07) is 4.84. The summed E-state index contributed by atoms with van der Waals surface area (Å²) in [6.45, 7) is 3.46. The summed E-state index contributed by atoms with van der Waals surface area (Å²) >= 11 is 9.86. The fourth-order valence-electron chi connectivity index (χ4n) is 3.17. The van der Waals surface area contributed by atoms with Crippen LogP contribution < -0.4 is 10.2 Å². The lowest BCUT2D eigenvalue weighted by atomic mass is 9.96. The van der Waals surface area contributed by atoms with Crippen molar-refractivity contribution in [3.8, 4) is 0 Å². The lowest BCUT2D eigenvalue weighted by molar-refractivity contribution is 0.422. The largest absolute Gasteiger partial charge is 0.367 e. The molecule has 2 heterocycles. The third kappa shape index (κ3) is 2.40. The van der Waals surface area contributed by atoms with Crippen LogP contribution in [0.4, 0.5) is 5.69 Å². The Kier molecular flexibility index (Phi) is 3.83. The Morgan fingerprint density at radius 1 is 1.28 bits per heavy atom. The van der Waals surface area contributed by atoms with Crippen LogP contribution >= 0.6 is 27.5 Å². The summed E-state index contributed by atoms with van der Waals surface area (Å²) in [5, 5.41) is 4.28. The van der Waals surface area contributed by atoms with Crippen molar-refractivity contribution in [2.75, 3.05) is 24.5 Å². The van der Waals surface area contributed by atoms with Crippen LogP contribution in [0.3, 0.4) is 0 Å². The average molecular weight is 330 g/mol. The molecule has 0 radical (unpaired) electrons. The lowest BCUT2D eigenvalue weighted by Crippen LogP contribution is -2.45. The van der Waals surface area contributed by atoms with Gasteiger partial charge in [-0.1, -0.05) is 11.6 Å². The van der Waals surface area contributed by atoms with Gasteiger partial charge in [0.2, 0.25) is 0 Å². The third-order valence-electron chi connectivity index (χ3n) is 3.99. The van der Waals surface area contributed by atoms with Gasteiger partial charge in [-0.05, 0) is 72.4 Å². The van der Waals surface area contributed by atoms with Crippen LogP contribution in [0.15, 0.2) is 16.6 Å². The number of anilines is 1. The lowest BCUT2D eigenvalue weighted by Gasteiger charge is -2.40. The van der Waals surface area contributed by atoms with Crippen LogP contribution in [0.2, 0.25) is 5.02 Å². The van der Waals surface area contributed by atoms with E-state index in [0.29, 0.717) is 6.04 Å². The monoisotopic (exact) mass is 328 g/mol. The molecule has 98 valence electrons. The highest BCUT2D eigenvalue weighted by molar-refractivity contribution is 9.10. The predicted octanol–water partition coefficient (Wildman–Crippen LogP) is 3.61. The van der Waals surface area contributed by atoms with Gasteiger partial charge in [-0.25, -0.2) is 0 Å². The van der Waals surface area contributed by atoms with Crippen LogP contribution in [0.5, 0.6) is 0 Å². The molecule has 0 unspecified atom stereocenters. The summed E-state index contributed by atoms with van der Waals surface area (Å²) in [5.74, 6) is 0. The second-order valence-electron chi connectivity index (χ2n) is 5.17. The minimum Gasteiger partial charge on any atom is -0.367 e. The summed E-state index contributed by atoms with van der Waals surface area (Å²) in [6.07, 6.45) is 4.88. The number of piperidine rings is 1. The fourth-order valence-corrected chi connectivity index (χ4v) is 4.27. The maximum atomic E-state index is 6.16. The predicted molar refractivity (Wildman–Crippen MR) is 80.7 cm³/mol. The minimum absolute atomic E-state index is 0.683. The van der Waals surface area contributed by atoms with Gasteiger partial charge in [0.05, 0.1) is 5.69 Å². The molecule has 0 bridgehead atoms. The Labute approximate surface area is 122 Å². The Bertz CT molecular complexity index is 444. The molecule has 0 aromatic heterocycles. The molecule has 2 nitrogen and oxygen atoms in total. The molecule has 4 heteroatoms. The molecule has 0 amide bonds. The number of hydrogen-bond acceptors (Lipinski definition) is 2. The quantitative estimate of drug-likeness (QED) is 0.847. The van der Waals surface area contributed by atoms with Crippen molar-refractivity contribution in [1.29, 1.82) is 0 Å². The molecule has 0 saturated carbocycles. The van der Waals surface area contributed by atoms with E-state index >= 15 is 0 Å². The zero-order valence-corrected chi connectivity index (χ0v) is 12.7. The molecule has 1 aromatic carbocycles. The molecule has 3 rings (SSSR count). The zero-order chi connectivity index (χ0) is 12.5. The third-order valence-corrected chi connectivity index (χ3v) is 4.81. The Morgan fingerprint density at radius 2 is 2.06 bits per heavy atom. The van der Waals surface area contributed by atoms with Crippen molar-refractivity contribution < 1.29 is 0 Å². The van der Waals surface area contributed by atoms with Gasteiger partial charge in [-0.3, -0.25) is 0 Å². The van der Waals surface area contributed by atoms with Crippen LogP contribution in [-0.2, 0) is 6.42 Å². The van der Waals surface area contributed by atoms with E-state index in [4.69, 9.17) is 11.6 Å². The second-order valence-corrected chi connectivity index (χ2v) is 6.46. The smallest absolute Gasteiger partial charge is 0.0546 e. The van der Waals surface area contributed by atoms with Crippen molar-refractivity contribution in [3.05, 3.63) is 27.2 Å². The highest BCUT2D eigenvalue weighted by Crippen LogP contribution is 2.39. The highest BCUT2D eigenvalue weighted by Gasteiger charge is 2.27. The summed E-state index contributed by atoms with van der Waals surface area (Å²) in [4.78, 5) is 2.60.